The number of rotatable bonds is 10. The Hall–Kier alpha value is -0.640. The molecule has 3 nitrogen and oxygen atoms in total. The number of ether oxygens (including phenoxy) is 1. The molecule has 0 rings (SSSR count). The number of carbonyl (C=O) groups excluding carboxylic acids is 1. The fourth-order valence-corrected chi connectivity index (χ4v) is 2.06. The molecule has 0 heterocycles. The Labute approximate surface area is 110 Å². The van der Waals surface area contributed by atoms with Crippen molar-refractivity contribution in [3.63, 3.8) is 0 Å². The van der Waals surface area contributed by atoms with Gasteiger partial charge >= 0.3 is 0 Å². The van der Waals surface area contributed by atoms with Crippen molar-refractivity contribution in [3.05, 3.63) is 12.3 Å². The molecule has 0 aromatic carbocycles. The van der Waals surface area contributed by atoms with Crippen LogP contribution < -0.4 is 0 Å². The SMILES string of the molecule is C=C(CCCSCC)OCC(=O)N(CC)CC. The summed E-state index contributed by atoms with van der Waals surface area (Å²) in [6.45, 7) is 11.5. The van der Waals surface area contributed by atoms with Crippen LogP contribution in [0, 0.1) is 0 Å². The summed E-state index contributed by atoms with van der Waals surface area (Å²) in [5, 5.41) is 0. The van der Waals surface area contributed by atoms with Crippen LogP contribution in [0.5, 0.6) is 0 Å². The number of nitrogens with zero attached hydrogens (tertiary/aromatic N) is 1. The minimum absolute atomic E-state index is 0.0408. The number of carbonyl (C=O) groups is 1. The topological polar surface area (TPSA) is 29.5 Å². The number of likely N-dealkylation sites (N-methyl/N-ethyl adjacent to an activating group) is 1. The third-order valence-corrected chi connectivity index (χ3v) is 3.45. The van der Waals surface area contributed by atoms with Gasteiger partial charge in [-0.2, -0.15) is 11.8 Å². The molecule has 0 N–H and O–H groups in total. The predicted octanol–water partition coefficient (Wildman–Crippen LogP) is 2.92. The Bertz CT molecular complexity index is 227. The second-order valence-electron chi connectivity index (χ2n) is 3.69. The first-order valence-electron chi connectivity index (χ1n) is 6.31. The van der Waals surface area contributed by atoms with Crippen molar-refractivity contribution in [2.75, 3.05) is 31.2 Å². The average Bonchev–Trinajstić information content (AvgIpc) is 2.33. The summed E-state index contributed by atoms with van der Waals surface area (Å²) >= 11 is 1.91. The molecule has 0 saturated carbocycles. The van der Waals surface area contributed by atoms with Gasteiger partial charge < -0.3 is 9.64 Å². The van der Waals surface area contributed by atoms with Gasteiger partial charge in [0.05, 0.1) is 5.76 Å². The Kier molecular flexibility index (Phi) is 10.1. The first kappa shape index (κ1) is 16.4. The van der Waals surface area contributed by atoms with Crippen molar-refractivity contribution in [3.8, 4) is 0 Å². The Morgan fingerprint density at radius 3 is 2.47 bits per heavy atom. The monoisotopic (exact) mass is 259 g/mol. The maximum atomic E-state index is 11.6. The molecule has 17 heavy (non-hydrogen) atoms. The third-order valence-electron chi connectivity index (χ3n) is 2.46. The zero-order valence-electron chi connectivity index (χ0n) is 11.3. The minimum Gasteiger partial charge on any atom is -0.489 e. The second kappa shape index (κ2) is 10.5. The van der Waals surface area contributed by atoms with Gasteiger partial charge in [0.15, 0.2) is 6.61 Å². The molecule has 0 radical (unpaired) electrons. The average molecular weight is 259 g/mol. The van der Waals surface area contributed by atoms with Gasteiger partial charge in [-0.25, -0.2) is 0 Å². The van der Waals surface area contributed by atoms with E-state index in [0.29, 0.717) is 0 Å². The molecule has 0 fully saturated rings. The minimum atomic E-state index is 0.0408. The maximum absolute atomic E-state index is 11.6. The Morgan fingerprint density at radius 2 is 1.94 bits per heavy atom. The Morgan fingerprint density at radius 1 is 1.29 bits per heavy atom. The lowest BCUT2D eigenvalue weighted by Crippen LogP contribution is -2.33. The predicted molar refractivity (Wildman–Crippen MR) is 75.3 cm³/mol. The van der Waals surface area contributed by atoms with Crippen LogP contribution in [-0.4, -0.2) is 42.0 Å². The molecule has 0 aromatic rings. The zero-order chi connectivity index (χ0) is 13.1. The van der Waals surface area contributed by atoms with Crippen molar-refractivity contribution in [1.29, 1.82) is 0 Å². The van der Waals surface area contributed by atoms with Gasteiger partial charge in [-0.1, -0.05) is 13.5 Å². The normalized spacial score (nSPS) is 10.1. The summed E-state index contributed by atoms with van der Waals surface area (Å²) in [4.78, 5) is 13.4. The smallest absolute Gasteiger partial charge is 0.260 e. The first-order chi connectivity index (χ1) is 8.15. The summed E-state index contributed by atoms with van der Waals surface area (Å²) in [7, 11) is 0. The summed E-state index contributed by atoms with van der Waals surface area (Å²) in [5.74, 6) is 3.04. The number of thioether (sulfide) groups is 1. The number of amides is 1. The molecule has 0 unspecified atom stereocenters. The first-order valence-corrected chi connectivity index (χ1v) is 7.47. The molecule has 0 saturated heterocycles. The molecule has 0 aliphatic rings. The standard InChI is InChI=1S/C13H25NO2S/c1-5-14(6-2)13(15)11-16-12(4)9-8-10-17-7-3/h4-11H2,1-3H3. The highest BCUT2D eigenvalue weighted by atomic mass is 32.2. The van der Waals surface area contributed by atoms with E-state index in [1.165, 1.54) is 0 Å². The molecule has 0 aliphatic carbocycles. The van der Waals surface area contributed by atoms with Crippen molar-refractivity contribution in [2.45, 2.75) is 33.6 Å². The molecule has 0 spiro atoms. The van der Waals surface area contributed by atoms with Gasteiger partial charge in [0.2, 0.25) is 0 Å². The highest BCUT2D eigenvalue weighted by Gasteiger charge is 2.10. The van der Waals surface area contributed by atoms with E-state index in [9.17, 15) is 4.79 Å². The van der Waals surface area contributed by atoms with Crippen LogP contribution in [0.25, 0.3) is 0 Å². The number of allylic oxidation sites excluding steroid dienone is 1. The van der Waals surface area contributed by atoms with Crippen molar-refractivity contribution >= 4 is 17.7 Å². The van der Waals surface area contributed by atoms with Crippen LogP contribution in [0.2, 0.25) is 0 Å². The zero-order valence-corrected chi connectivity index (χ0v) is 12.1. The molecule has 1 amide bonds. The van der Waals surface area contributed by atoms with E-state index in [4.69, 9.17) is 4.74 Å². The maximum Gasteiger partial charge on any atom is 0.260 e. The van der Waals surface area contributed by atoms with Gasteiger partial charge in [-0.3, -0.25) is 4.79 Å². The van der Waals surface area contributed by atoms with Crippen LogP contribution in [0.4, 0.5) is 0 Å². The summed E-state index contributed by atoms with van der Waals surface area (Å²) in [5.41, 5.74) is 0. The van der Waals surface area contributed by atoms with Gasteiger partial charge in [0.1, 0.15) is 0 Å². The summed E-state index contributed by atoms with van der Waals surface area (Å²) in [6, 6.07) is 0. The van der Waals surface area contributed by atoms with Gasteiger partial charge in [0.25, 0.3) is 5.91 Å². The largest absolute Gasteiger partial charge is 0.489 e. The van der Waals surface area contributed by atoms with E-state index in [-0.39, 0.29) is 12.5 Å². The van der Waals surface area contributed by atoms with E-state index in [1.54, 1.807) is 4.90 Å². The highest BCUT2D eigenvalue weighted by molar-refractivity contribution is 7.99. The lowest BCUT2D eigenvalue weighted by molar-refractivity contribution is -0.134. The lowest BCUT2D eigenvalue weighted by atomic mass is 10.3. The number of hydrogen-bond acceptors (Lipinski definition) is 3. The fourth-order valence-electron chi connectivity index (χ4n) is 1.42. The van der Waals surface area contributed by atoms with Crippen molar-refractivity contribution < 1.29 is 9.53 Å². The van der Waals surface area contributed by atoms with Crippen LogP contribution >= 0.6 is 11.8 Å². The Balaban J connectivity index is 3.65. The van der Waals surface area contributed by atoms with E-state index in [1.807, 2.05) is 25.6 Å². The van der Waals surface area contributed by atoms with Crippen LogP contribution in [-0.2, 0) is 9.53 Å². The molecule has 0 aliphatic heterocycles. The van der Waals surface area contributed by atoms with Crippen LogP contribution in [0.3, 0.4) is 0 Å². The van der Waals surface area contributed by atoms with Crippen molar-refractivity contribution in [2.24, 2.45) is 0 Å². The molecular weight excluding hydrogens is 234 g/mol. The van der Waals surface area contributed by atoms with Crippen LogP contribution in [0.15, 0.2) is 12.3 Å². The van der Waals surface area contributed by atoms with E-state index >= 15 is 0 Å². The lowest BCUT2D eigenvalue weighted by Gasteiger charge is -2.19. The molecule has 0 atom stereocenters. The van der Waals surface area contributed by atoms with Gasteiger partial charge in [0, 0.05) is 19.5 Å². The molecule has 100 valence electrons. The van der Waals surface area contributed by atoms with Crippen molar-refractivity contribution in [1.82, 2.24) is 4.90 Å². The summed E-state index contributed by atoms with van der Waals surface area (Å²) in [6.07, 6.45) is 1.91. The number of hydrogen-bond donors (Lipinski definition) is 0. The second-order valence-corrected chi connectivity index (χ2v) is 5.09. The third kappa shape index (κ3) is 8.13. The van der Waals surface area contributed by atoms with Crippen LogP contribution in [0.1, 0.15) is 33.6 Å². The molecular formula is C13H25NO2S. The van der Waals surface area contributed by atoms with E-state index in [2.05, 4.69) is 13.5 Å². The fraction of sp³-hybridized carbons (Fsp3) is 0.769. The van der Waals surface area contributed by atoms with E-state index in [0.717, 1.165) is 43.2 Å². The summed E-state index contributed by atoms with van der Waals surface area (Å²) < 4.78 is 5.37. The van der Waals surface area contributed by atoms with E-state index < -0.39 is 0 Å². The molecule has 4 heteroatoms. The molecule has 0 bridgehead atoms. The molecule has 0 aromatic heterocycles. The van der Waals surface area contributed by atoms with Gasteiger partial charge in [-0.05, 0) is 31.8 Å². The highest BCUT2D eigenvalue weighted by Crippen LogP contribution is 2.09. The quantitative estimate of drug-likeness (QED) is 0.446. The van der Waals surface area contributed by atoms with Gasteiger partial charge in [-0.15, -0.1) is 0 Å².